The molecule has 0 atom stereocenters. The highest BCUT2D eigenvalue weighted by atomic mass is 35.5. The third-order valence-electron chi connectivity index (χ3n) is 1.90. The van der Waals surface area contributed by atoms with Crippen LogP contribution in [0.15, 0.2) is 35.1 Å². The van der Waals surface area contributed by atoms with Gasteiger partial charge in [0.1, 0.15) is 0 Å². The highest BCUT2D eigenvalue weighted by Crippen LogP contribution is 2.04. The summed E-state index contributed by atoms with van der Waals surface area (Å²) >= 11 is 5.72. The van der Waals surface area contributed by atoms with Gasteiger partial charge in [-0.2, -0.15) is 0 Å². The first-order valence-electron chi connectivity index (χ1n) is 4.12. The van der Waals surface area contributed by atoms with Gasteiger partial charge >= 0.3 is 5.69 Å². The summed E-state index contributed by atoms with van der Waals surface area (Å²) in [7, 11) is 0. The molecule has 0 unspecified atom stereocenters. The zero-order valence-corrected chi connectivity index (χ0v) is 8.03. The second-order valence-electron chi connectivity index (χ2n) is 2.87. The first kappa shape index (κ1) is 9.02. The number of aromatic amines is 1. The van der Waals surface area contributed by atoms with Gasteiger partial charge < -0.3 is 0 Å². The quantitative estimate of drug-likeness (QED) is 0.810. The van der Waals surface area contributed by atoms with Crippen LogP contribution in [0.25, 0.3) is 0 Å². The standard InChI is InChI=1S/C9H8ClN3O/c10-8-11-12-9(14)13(8)6-7-4-2-1-3-5-7/h1-5H,6H2,(H,12,14). The van der Waals surface area contributed by atoms with E-state index in [1.165, 1.54) is 4.57 Å². The molecule has 1 aromatic heterocycles. The summed E-state index contributed by atoms with van der Waals surface area (Å²) < 4.78 is 1.37. The van der Waals surface area contributed by atoms with E-state index < -0.39 is 0 Å². The average molecular weight is 210 g/mol. The summed E-state index contributed by atoms with van der Waals surface area (Å²) in [6, 6.07) is 9.59. The Labute approximate surface area is 85.1 Å². The van der Waals surface area contributed by atoms with E-state index in [-0.39, 0.29) is 11.0 Å². The third-order valence-corrected chi connectivity index (χ3v) is 2.18. The molecule has 0 amide bonds. The number of nitrogens with zero attached hydrogens (tertiary/aromatic N) is 2. The van der Waals surface area contributed by atoms with Crippen LogP contribution in [0.3, 0.4) is 0 Å². The van der Waals surface area contributed by atoms with Gasteiger partial charge in [-0.1, -0.05) is 30.3 Å². The van der Waals surface area contributed by atoms with Crippen LogP contribution >= 0.6 is 11.6 Å². The first-order valence-corrected chi connectivity index (χ1v) is 4.50. The average Bonchev–Trinajstić information content (AvgIpc) is 2.51. The van der Waals surface area contributed by atoms with Crippen LogP contribution in [0.1, 0.15) is 5.56 Å². The largest absolute Gasteiger partial charge is 0.344 e. The minimum absolute atomic E-state index is 0.179. The van der Waals surface area contributed by atoms with Crippen molar-refractivity contribution in [3.8, 4) is 0 Å². The van der Waals surface area contributed by atoms with E-state index in [0.29, 0.717) is 6.54 Å². The molecule has 0 aliphatic carbocycles. The Morgan fingerprint density at radius 3 is 2.64 bits per heavy atom. The van der Waals surface area contributed by atoms with Crippen LogP contribution in [0.4, 0.5) is 0 Å². The van der Waals surface area contributed by atoms with E-state index in [4.69, 9.17) is 11.6 Å². The molecule has 1 heterocycles. The topological polar surface area (TPSA) is 50.7 Å². The van der Waals surface area contributed by atoms with E-state index in [1.807, 2.05) is 30.3 Å². The maximum Gasteiger partial charge on any atom is 0.344 e. The van der Waals surface area contributed by atoms with Crippen molar-refractivity contribution in [2.45, 2.75) is 6.54 Å². The Hall–Kier alpha value is -1.55. The number of hydrogen-bond acceptors (Lipinski definition) is 2. The summed E-state index contributed by atoms with van der Waals surface area (Å²) in [4.78, 5) is 11.2. The van der Waals surface area contributed by atoms with Crippen LogP contribution in [-0.4, -0.2) is 14.8 Å². The highest BCUT2D eigenvalue weighted by molar-refractivity contribution is 6.28. The van der Waals surface area contributed by atoms with Crippen molar-refractivity contribution in [3.05, 3.63) is 51.7 Å². The Balaban J connectivity index is 2.32. The molecule has 5 heteroatoms. The molecule has 4 nitrogen and oxygen atoms in total. The molecular weight excluding hydrogens is 202 g/mol. The molecule has 0 aliphatic heterocycles. The van der Waals surface area contributed by atoms with E-state index in [2.05, 4.69) is 10.2 Å². The number of H-pyrrole nitrogens is 1. The fourth-order valence-corrected chi connectivity index (χ4v) is 1.38. The molecule has 0 spiro atoms. The fourth-order valence-electron chi connectivity index (χ4n) is 1.20. The summed E-state index contributed by atoms with van der Waals surface area (Å²) in [6.07, 6.45) is 0. The maximum absolute atomic E-state index is 11.2. The molecule has 0 fully saturated rings. The van der Waals surface area contributed by atoms with Crippen LogP contribution in [0, 0.1) is 0 Å². The van der Waals surface area contributed by atoms with E-state index in [0.717, 1.165) is 5.56 Å². The predicted molar refractivity (Wildman–Crippen MR) is 53.4 cm³/mol. The summed E-state index contributed by atoms with van der Waals surface area (Å²) in [5, 5.41) is 6.07. The van der Waals surface area contributed by atoms with Gasteiger partial charge in [0, 0.05) is 0 Å². The van der Waals surface area contributed by atoms with Crippen molar-refractivity contribution in [2.24, 2.45) is 0 Å². The first-order chi connectivity index (χ1) is 6.77. The minimum Gasteiger partial charge on any atom is -0.261 e. The second kappa shape index (κ2) is 3.67. The van der Waals surface area contributed by atoms with Crippen molar-refractivity contribution in [1.29, 1.82) is 0 Å². The molecule has 0 aliphatic rings. The number of rotatable bonds is 2. The van der Waals surface area contributed by atoms with Crippen LogP contribution in [0.2, 0.25) is 5.28 Å². The molecular formula is C9H8ClN3O. The van der Waals surface area contributed by atoms with Gasteiger partial charge in [0.15, 0.2) is 0 Å². The van der Waals surface area contributed by atoms with E-state index in [1.54, 1.807) is 0 Å². The summed E-state index contributed by atoms with van der Waals surface area (Å²) in [5.41, 5.74) is 0.719. The highest BCUT2D eigenvalue weighted by Gasteiger charge is 2.04. The molecule has 0 bridgehead atoms. The maximum atomic E-state index is 11.2. The Morgan fingerprint density at radius 2 is 2.07 bits per heavy atom. The molecule has 2 rings (SSSR count). The monoisotopic (exact) mass is 209 g/mol. The predicted octanol–water partition coefficient (Wildman–Crippen LogP) is 1.27. The van der Waals surface area contributed by atoms with Crippen molar-refractivity contribution >= 4 is 11.6 Å². The Kier molecular flexibility index (Phi) is 2.37. The molecule has 0 saturated heterocycles. The Morgan fingerprint density at radius 1 is 1.36 bits per heavy atom. The molecule has 2 aromatic rings. The zero-order valence-electron chi connectivity index (χ0n) is 7.27. The van der Waals surface area contributed by atoms with Gasteiger partial charge in [0.25, 0.3) is 0 Å². The van der Waals surface area contributed by atoms with Gasteiger partial charge in [0.05, 0.1) is 6.54 Å². The fraction of sp³-hybridized carbons (Fsp3) is 0.111. The van der Waals surface area contributed by atoms with Crippen molar-refractivity contribution in [3.63, 3.8) is 0 Å². The summed E-state index contributed by atoms with van der Waals surface area (Å²) in [5.74, 6) is 0. The molecule has 72 valence electrons. The van der Waals surface area contributed by atoms with Crippen molar-refractivity contribution < 1.29 is 0 Å². The number of aromatic nitrogens is 3. The number of halogens is 1. The van der Waals surface area contributed by atoms with E-state index in [9.17, 15) is 4.79 Å². The third kappa shape index (κ3) is 1.70. The lowest BCUT2D eigenvalue weighted by Crippen LogP contribution is -2.17. The second-order valence-corrected chi connectivity index (χ2v) is 3.21. The molecule has 14 heavy (non-hydrogen) atoms. The normalized spacial score (nSPS) is 10.4. The minimum atomic E-state index is -0.293. The smallest absolute Gasteiger partial charge is 0.261 e. The number of nitrogens with one attached hydrogen (secondary N) is 1. The number of hydrogen-bond donors (Lipinski definition) is 1. The van der Waals surface area contributed by atoms with Gasteiger partial charge in [-0.05, 0) is 17.2 Å². The van der Waals surface area contributed by atoms with Gasteiger partial charge in [0.2, 0.25) is 5.28 Å². The molecule has 1 N–H and O–H groups in total. The molecule has 1 aromatic carbocycles. The van der Waals surface area contributed by atoms with Crippen molar-refractivity contribution in [1.82, 2.24) is 14.8 Å². The lowest BCUT2D eigenvalue weighted by atomic mass is 10.2. The van der Waals surface area contributed by atoms with Gasteiger partial charge in [-0.15, -0.1) is 5.10 Å². The van der Waals surface area contributed by atoms with Crippen molar-refractivity contribution in [2.75, 3.05) is 0 Å². The lowest BCUT2D eigenvalue weighted by Gasteiger charge is -2.00. The van der Waals surface area contributed by atoms with Crippen LogP contribution in [-0.2, 0) is 6.54 Å². The van der Waals surface area contributed by atoms with E-state index >= 15 is 0 Å². The zero-order chi connectivity index (χ0) is 9.97. The van der Waals surface area contributed by atoms with Crippen LogP contribution in [0.5, 0.6) is 0 Å². The van der Waals surface area contributed by atoms with Gasteiger partial charge in [-0.25, -0.2) is 9.89 Å². The van der Waals surface area contributed by atoms with Crippen LogP contribution < -0.4 is 5.69 Å². The molecule has 0 radical (unpaired) electrons. The summed E-state index contributed by atoms with van der Waals surface area (Å²) in [6.45, 7) is 0.439. The Bertz CT molecular complexity index is 474. The lowest BCUT2D eigenvalue weighted by molar-refractivity contribution is 0.762. The number of benzene rings is 1. The SMILES string of the molecule is O=c1[nH]nc(Cl)n1Cc1ccccc1. The van der Waals surface area contributed by atoms with Gasteiger partial charge in [-0.3, -0.25) is 4.57 Å². The molecule has 0 saturated carbocycles.